The van der Waals surface area contributed by atoms with Crippen molar-refractivity contribution in [3.8, 4) is 12.3 Å². The molecule has 1 rings (SSSR count). The van der Waals surface area contributed by atoms with Gasteiger partial charge in [-0.15, -0.1) is 23.7 Å². The van der Waals surface area contributed by atoms with Crippen molar-refractivity contribution >= 4 is 16.5 Å². The van der Waals surface area contributed by atoms with Crippen LogP contribution in [0.2, 0.25) is 0 Å². The summed E-state index contributed by atoms with van der Waals surface area (Å²) in [5.74, 6) is 3.18. The van der Waals surface area contributed by atoms with Gasteiger partial charge < -0.3 is 5.32 Å². The molecule has 0 saturated carbocycles. The fraction of sp³-hybridized carbons (Fsp3) is 0.545. The van der Waals surface area contributed by atoms with Crippen LogP contribution in [-0.4, -0.2) is 11.0 Å². The molecule has 1 aromatic heterocycles. The molecule has 0 aliphatic rings. The Morgan fingerprint density at radius 2 is 2.29 bits per heavy atom. The van der Waals surface area contributed by atoms with Crippen LogP contribution in [0.3, 0.4) is 0 Å². The van der Waals surface area contributed by atoms with E-state index in [0.717, 1.165) is 11.6 Å². The topological polar surface area (TPSA) is 24.9 Å². The standard InChI is InChI=1S/C11H16N2S/c1-5-6-9(4)13-11-12-7-10(14-11)8(2)3/h1,7-9H,6H2,2-4H3,(H,12,13). The summed E-state index contributed by atoms with van der Waals surface area (Å²) in [6.07, 6.45) is 7.89. The normalized spacial score (nSPS) is 12.5. The van der Waals surface area contributed by atoms with Crippen LogP contribution in [0.25, 0.3) is 0 Å². The van der Waals surface area contributed by atoms with Gasteiger partial charge in [0, 0.05) is 23.5 Å². The van der Waals surface area contributed by atoms with E-state index in [1.165, 1.54) is 4.88 Å². The number of aromatic nitrogens is 1. The largest absolute Gasteiger partial charge is 0.358 e. The van der Waals surface area contributed by atoms with Crippen LogP contribution in [0.4, 0.5) is 5.13 Å². The number of hydrogen-bond donors (Lipinski definition) is 1. The van der Waals surface area contributed by atoms with Gasteiger partial charge in [-0.2, -0.15) is 0 Å². The van der Waals surface area contributed by atoms with E-state index in [4.69, 9.17) is 6.42 Å². The summed E-state index contributed by atoms with van der Waals surface area (Å²) in [6.45, 7) is 6.40. The molecule has 76 valence electrons. The Balaban J connectivity index is 2.56. The Kier molecular flexibility index (Phi) is 3.97. The minimum absolute atomic E-state index is 0.297. The molecular weight excluding hydrogens is 192 g/mol. The van der Waals surface area contributed by atoms with Crippen LogP contribution in [0.15, 0.2) is 6.20 Å². The summed E-state index contributed by atoms with van der Waals surface area (Å²) in [6, 6.07) is 0.297. The zero-order valence-corrected chi connectivity index (χ0v) is 9.69. The van der Waals surface area contributed by atoms with Crippen LogP contribution in [0.1, 0.15) is 38.0 Å². The predicted molar refractivity (Wildman–Crippen MR) is 62.7 cm³/mol. The van der Waals surface area contributed by atoms with Crippen molar-refractivity contribution < 1.29 is 0 Å². The SMILES string of the molecule is C#CCC(C)Nc1ncc(C(C)C)s1. The number of rotatable bonds is 4. The second-order valence-corrected chi connectivity index (χ2v) is 4.74. The fourth-order valence-corrected chi connectivity index (χ4v) is 1.99. The number of nitrogens with one attached hydrogen (secondary N) is 1. The van der Waals surface area contributed by atoms with E-state index < -0.39 is 0 Å². The second-order valence-electron chi connectivity index (χ2n) is 3.68. The zero-order valence-electron chi connectivity index (χ0n) is 8.87. The summed E-state index contributed by atoms with van der Waals surface area (Å²) in [5.41, 5.74) is 0. The molecule has 1 N–H and O–H groups in total. The van der Waals surface area contributed by atoms with Gasteiger partial charge in [0.2, 0.25) is 0 Å². The molecule has 1 heterocycles. The van der Waals surface area contributed by atoms with Crippen molar-refractivity contribution in [2.45, 2.75) is 39.2 Å². The molecule has 0 aromatic carbocycles. The first kappa shape index (κ1) is 11.1. The minimum atomic E-state index is 0.297. The number of terminal acetylenes is 1. The van der Waals surface area contributed by atoms with Gasteiger partial charge in [-0.25, -0.2) is 4.98 Å². The highest BCUT2D eigenvalue weighted by Crippen LogP contribution is 2.25. The lowest BCUT2D eigenvalue weighted by Crippen LogP contribution is -2.13. The lowest BCUT2D eigenvalue weighted by molar-refractivity contribution is 0.826. The van der Waals surface area contributed by atoms with Crippen molar-refractivity contribution in [2.24, 2.45) is 0 Å². The maximum absolute atomic E-state index is 5.23. The first-order chi connectivity index (χ1) is 6.63. The van der Waals surface area contributed by atoms with Crippen molar-refractivity contribution in [1.29, 1.82) is 0 Å². The lowest BCUT2D eigenvalue weighted by atomic mass is 10.2. The highest BCUT2D eigenvalue weighted by molar-refractivity contribution is 7.15. The molecule has 0 aliphatic carbocycles. The Bertz CT molecular complexity index is 322. The quantitative estimate of drug-likeness (QED) is 0.769. The third kappa shape index (κ3) is 3.04. The molecule has 0 radical (unpaired) electrons. The molecule has 1 aromatic rings. The van der Waals surface area contributed by atoms with E-state index in [-0.39, 0.29) is 0 Å². The molecule has 0 amide bonds. The van der Waals surface area contributed by atoms with Crippen LogP contribution in [-0.2, 0) is 0 Å². The summed E-state index contributed by atoms with van der Waals surface area (Å²) in [4.78, 5) is 5.60. The van der Waals surface area contributed by atoms with Crippen molar-refractivity contribution in [3.05, 3.63) is 11.1 Å². The number of nitrogens with zero attached hydrogens (tertiary/aromatic N) is 1. The van der Waals surface area contributed by atoms with E-state index in [0.29, 0.717) is 12.0 Å². The number of hydrogen-bond acceptors (Lipinski definition) is 3. The summed E-state index contributed by atoms with van der Waals surface area (Å²) < 4.78 is 0. The second kappa shape index (κ2) is 5.02. The van der Waals surface area contributed by atoms with Crippen LogP contribution in [0, 0.1) is 12.3 Å². The van der Waals surface area contributed by atoms with Gasteiger partial charge in [0.1, 0.15) is 0 Å². The van der Waals surface area contributed by atoms with E-state index in [1.54, 1.807) is 11.3 Å². The first-order valence-corrected chi connectivity index (χ1v) is 5.61. The molecule has 0 spiro atoms. The molecule has 0 aliphatic heterocycles. The van der Waals surface area contributed by atoms with Gasteiger partial charge in [-0.1, -0.05) is 13.8 Å². The summed E-state index contributed by atoms with van der Waals surface area (Å²) in [5, 5.41) is 4.25. The average Bonchev–Trinajstić information content (AvgIpc) is 2.53. The monoisotopic (exact) mass is 208 g/mol. The Morgan fingerprint density at radius 3 is 2.79 bits per heavy atom. The van der Waals surface area contributed by atoms with Gasteiger partial charge in [-0.3, -0.25) is 0 Å². The maximum atomic E-state index is 5.23. The predicted octanol–water partition coefficient (Wildman–Crippen LogP) is 3.09. The Hall–Kier alpha value is -1.01. The Labute approximate surface area is 89.8 Å². The maximum Gasteiger partial charge on any atom is 0.183 e. The zero-order chi connectivity index (χ0) is 10.6. The highest BCUT2D eigenvalue weighted by Gasteiger charge is 2.07. The molecule has 3 heteroatoms. The summed E-state index contributed by atoms with van der Waals surface area (Å²) in [7, 11) is 0. The molecule has 14 heavy (non-hydrogen) atoms. The van der Waals surface area contributed by atoms with Crippen LogP contribution in [0.5, 0.6) is 0 Å². The van der Waals surface area contributed by atoms with E-state index >= 15 is 0 Å². The molecule has 0 bridgehead atoms. The van der Waals surface area contributed by atoms with Crippen LogP contribution < -0.4 is 5.32 Å². The van der Waals surface area contributed by atoms with Gasteiger partial charge in [0.25, 0.3) is 0 Å². The molecule has 0 saturated heterocycles. The van der Waals surface area contributed by atoms with Crippen molar-refractivity contribution in [1.82, 2.24) is 4.98 Å². The van der Waals surface area contributed by atoms with Gasteiger partial charge in [0.15, 0.2) is 5.13 Å². The van der Waals surface area contributed by atoms with Gasteiger partial charge >= 0.3 is 0 Å². The molecule has 1 atom stereocenters. The summed E-state index contributed by atoms with van der Waals surface area (Å²) >= 11 is 1.70. The molecular formula is C11H16N2S. The van der Waals surface area contributed by atoms with Crippen LogP contribution >= 0.6 is 11.3 Å². The smallest absolute Gasteiger partial charge is 0.183 e. The van der Waals surface area contributed by atoms with E-state index in [1.807, 2.05) is 6.20 Å². The fourth-order valence-electron chi connectivity index (χ4n) is 1.06. The number of thiazole rings is 1. The van der Waals surface area contributed by atoms with Crippen molar-refractivity contribution in [2.75, 3.05) is 5.32 Å². The average molecular weight is 208 g/mol. The van der Waals surface area contributed by atoms with Gasteiger partial charge in [-0.05, 0) is 12.8 Å². The highest BCUT2D eigenvalue weighted by atomic mass is 32.1. The third-order valence-electron chi connectivity index (χ3n) is 1.89. The lowest BCUT2D eigenvalue weighted by Gasteiger charge is -2.08. The molecule has 0 fully saturated rings. The van der Waals surface area contributed by atoms with E-state index in [2.05, 4.69) is 37.0 Å². The first-order valence-electron chi connectivity index (χ1n) is 4.79. The van der Waals surface area contributed by atoms with Crippen molar-refractivity contribution in [3.63, 3.8) is 0 Å². The molecule has 1 unspecified atom stereocenters. The minimum Gasteiger partial charge on any atom is -0.358 e. The van der Waals surface area contributed by atoms with Gasteiger partial charge in [0.05, 0.1) is 0 Å². The third-order valence-corrected chi connectivity index (χ3v) is 3.12. The van der Waals surface area contributed by atoms with E-state index in [9.17, 15) is 0 Å². The number of anilines is 1. The Morgan fingerprint density at radius 1 is 1.57 bits per heavy atom. The molecule has 2 nitrogen and oxygen atoms in total.